The van der Waals surface area contributed by atoms with Crippen LogP contribution in [0.25, 0.3) is 10.1 Å². The molecule has 0 radical (unpaired) electrons. The van der Waals surface area contributed by atoms with Crippen molar-refractivity contribution in [1.82, 2.24) is 10.6 Å². The highest BCUT2D eigenvalue weighted by Crippen LogP contribution is 2.25. The maximum atomic E-state index is 12.3. The second-order valence-corrected chi connectivity index (χ2v) is 7.56. The third kappa shape index (κ3) is 5.81. The number of hydrogen-bond donors (Lipinski definition) is 2. The molecule has 5 nitrogen and oxygen atoms in total. The third-order valence-electron chi connectivity index (χ3n) is 4.58. The van der Waals surface area contributed by atoms with Gasteiger partial charge in [-0.15, -0.1) is 11.3 Å². The predicted octanol–water partition coefficient (Wildman–Crippen LogP) is 4.17. The molecule has 29 heavy (non-hydrogen) atoms. The van der Waals surface area contributed by atoms with Gasteiger partial charge in [0.1, 0.15) is 5.75 Å². The molecule has 3 rings (SSSR count). The number of benzene rings is 2. The maximum Gasteiger partial charge on any atom is 0.255 e. The Kier molecular flexibility index (Phi) is 7.64. The minimum atomic E-state index is -0.182. The highest BCUT2D eigenvalue weighted by atomic mass is 32.1. The summed E-state index contributed by atoms with van der Waals surface area (Å²) in [5, 5.41) is 9.24. The number of fused-ring (bicyclic) bond motifs is 1. The first-order chi connectivity index (χ1) is 14.2. The van der Waals surface area contributed by atoms with Crippen LogP contribution in [0.5, 0.6) is 5.75 Å². The molecule has 0 saturated carbocycles. The molecule has 0 saturated heterocycles. The number of thiophene rings is 1. The van der Waals surface area contributed by atoms with E-state index < -0.39 is 0 Å². The van der Waals surface area contributed by atoms with E-state index in [0.717, 1.165) is 6.42 Å². The van der Waals surface area contributed by atoms with Crippen molar-refractivity contribution < 1.29 is 14.3 Å². The number of nitrogens with one attached hydrogen (secondary N) is 2. The van der Waals surface area contributed by atoms with E-state index >= 15 is 0 Å². The molecule has 152 valence electrons. The molecular formula is C23H26N2O3S. The van der Waals surface area contributed by atoms with Crippen LogP contribution in [0.4, 0.5) is 0 Å². The normalized spacial score (nSPS) is 10.7. The first kappa shape index (κ1) is 20.9. The second-order valence-electron chi connectivity index (χ2n) is 6.65. The largest absolute Gasteiger partial charge is 0.493 e. The molecule has 2 aromatic carbocycles. The summed E-state index contributed by atoms with van der Waals surface area (Å²) in [4.78, 5) is 24.4. The van der Waals surface area contributed by atoms with Crippen LogP contribution in [0, 0.1) is 0 Å². The Bertz CT molecular complexity index is 967. The zero-order valence-electron chi connectivity index (χ0n) is 16.6. The van der Waals surface area contributed by atoms with E-state index in [1.54, 1.807) is 23.5 Å². The second kappa shape index (κ2) is 10.6. The summed E-state index contributed by atoms with van der Waals surface area (Å²) in [6, 6.07) is 15.5. The van der Waals surface area contributed by atoms with E-state index in [-0.39, 0.29) is 11.8 Å². The molecule has 6 heteroatoms. The van der Waals surface area contributed by atoms with E-state index in [1.165, 1.54) is 15.6 Å². The first-order valence-electron chi connectivity index (χ1n) is 9.91. The van der Waals surface area contributed by atoms with Crippen LogP contribution in [-0.4, -0.2) is 31.5 Å². The maximum absolute atomic E-state index is 12.3. The lowest BCUT2D eigenvalue weighted by molar-refractivity contribution is -0.121. The van der Waals surface area contributed by atoms with Crippen LogP contribution in [0.15, 0.2) is 53.9 Å². The summed E-state index contributed by atoms with van der Waals surface area (Å²) in [5.41, 5.74) is 1.79. The Balaban J connectivity index is 1.35. The highest BCUT2D eigenvalue weighted by Gasteiger charge is 2.11. The van der Waals surface area contributed by atoms with Gasteiger partial charge < -0.3 is 15.4 Å². The smallest absolute Gasteiger partial charge is 0.255 e. The van der Waals surface area contributed by atoms with Crippen molar-refractivity contribution in [1.29, 1.82) is 0 Å². The fourth-order valence-corrected chi connectivity index (χ4v) is 4.13. The molecule has 0 aliphatic rings. The van der Waals surface area contributed by atoms with Gasteiger partial charge in [-0.3, -0.25) is 9.59 Å². The summed E-state index contributed by atoms with van der Waals surface area (Å²) >= 11 is 1.73. The number of hydrogen-bond acceptors (Lipinski definition) is 4. The van der Waals surface area contributed by atoms with Crippen molar-refractivity contribution in [3.63, 3.8) is 0 Å². The third-order valence-corrected chi connectivity index (χ3v) is 5.59. The number of para-hydroxylation sites is 1. The number of amides is 2. The van der Waals surface area contributed by atoms with Crippen molar-refractivity contribution in [3.8, 4) is 5.75 Å². The topological polar surface area (TPSA) is 67.4 Å². The van der Waals surface area contributed by atoms with E-state index in [2.05, 4.69) is 28.1 Å². The molecule has 0 spiro atoms. The van der Waals surface area contributed by atoms with Gasteiger partial charge in [0, 0.05) is 24.2 Å². The van der Waals surface area contributed by atoms with E-state index in [9.17, 15) is 9.59 Å². The van der Waals surface area contributed by atoms with Crippen LogP contribution in [-0.2, 0) is 11.2 Å². The van der Waals surface area contributed by atoms with Crippen molar-refractivity contribution in [2.45, 2.75) is 26.2 Å². The molecule has 3 aromatic rings. The van der Waals surface area contributed by atoms with Gasteiger partial charge in [0.15, 0.2) is 0 Å². The van der Waals surface area contributed by atoms with Gasteiger partial charge >= 0.3 is 0 Å². The molecule has 0 atom stereocenters. The lowest BCUT2D eigenvalue weighted by Crippen LogP contribution is -2.28. The Morgan fingerprint density at radius 2 is 1.79 bits per heavy atom. The van der Waals surface area contributed by atoms with Gasteiger partial charge in [-0.25, -0.2) is 0 Å². The molecule has 2 amide bonds. The van der Waals surface area contributed by atoms with Crippen molar-refractivity contribution >= 4 is 33.2 Å². The molecule has 0 aliphatic carbocycles. The van der Waals surface area contributed by atoms with Gasteiger partial charge in [-0.1, -0.05) is 30.3 Å². The fraction of sp³-hybridized carbons (Fsp3) is 0.304. The van der Waals surface area contributed by atoms with E-state index in [0.29, 0.717) is 43.9 Å². The lowest BCUT2D eigenvalue weighted by atomic mass is 10.1. The molecule has 2 N–H and O–H groups in total. The molecule has 1 heterocycles. The molecular weight excluding hydrogens is 384 g/mol. The summed E-state index contributed by atoms with van der Waals surface area (Å²) in [6.45, 7) is 3.45. The number of ether oxygens (including phenoxy) is 1. The molecule has 0 fully saturated rings. The Labute approximate surface area is 175 Å². The summed E-state index contributed by atoms with van der Waals surface area (Å²) in [5.74, 6) is 0.401. The zero-order valence-corrected chi connectivity index (χ0v) is 17.4. The van der Waals surface area contributed by atoms with E-state index in [4.69, 9.17) is 4.74 Å². The molecule has 0 unspecified atom stereocenters. The average molecular weight is 411 g/mol. The summed E-state index contributed by atoms with van der Waals surface area (Å²) in [6.07, 6.45) is 1.80. The van der Waals surface area contributed by atoms with Crippen LogP contribution in [0.1, 0.15) is 35.7 Å². The van der Waals surface area contributed by atoms with Crippen LogP contribution < -0.4 is 15.4 Å². The number of carbonyl (C=O) groups excluding carboxylic acids is 2. The highest BCUT2D eigenvalue weighted by molar-refractivity contribution is 7.17. The van der Waals surface area contributed by atoms with Crippen molar-refractivity contribution in [2.24, 2.45) is 0 Å². The van der Waals surface area contributed by atoms with Gasteiger partial charge in [0.2, 0.25) is 5.91 Å². The van der Waals surface area contributed by atoms with Gasteiger partial charge in [-0.05, 0) is 54.3 Å². The van der Waals surface area contributed by atoms with Crippen LogP contribution >= 0.6 is 11.3 Å². The van der Waals surface area contributed by atoms with Gasteiger partial charge in [-0.2, -0.15) is 0 Å². The lowest BCUT2D eigenvalue weighted by Gasteiger charge is -2.10. The first-order valence-corrected chi connectivity index (χ1v) is 10.8. The SMILES string of the molecule is CCOc1ccccc1C(=O)NCCCC(=O)NCCc1csc2ccccc12. The minimum absolute atomic E-state index is 0.00787. The molecule has 0 bridgehead atoms. The van der Waals surface area contributed by atoms with Crippen LogP contribution in [0.2, 0.25) is 0 Å². The number of rotatable bonds is 10. The zero-order chi connectivity index (χ0) is 20.5. The van der Waals surface area contributed by atoms with Crippen molar-refractivity contribution in [3.05, 3.63) is 65.0 Å². The van der Waals surface area contributed by atoms with Crippen LogP contribution in [0.3, 0.4) is 0 Å². The van der Waals surface area contributed by atoms with Gasteiger partial charge in [0.25, 0.3) is 5.91 Å². The molecule has 1 aromatic heterocycles. The minimum Gasteiger partial charge on any atom is -0.493 e. The number of carbonyl (C=O) groups is 2. The molecule has 0 aliphatic heterocycles. The average Bonchev–Trinajstić information content (AvgIpc) is 3.15. The Hall–Kier alpha value is -2.86. The summed E-state index contributed by atoms with van der Waals surface area (Å²) < 4.78 is 6.75. The Morgan fingerprint density at radius 3 is 2.66 bits per heavy atom. The van der Waals surface area contributed by atoms with Crippen molar-refractivity contribution in [2.75, 3.05) is 19.7 Å². The van der Waals surface area contributed by atoms with Gasteiger partial charge in [0.05, 0.1) is 12.2 Å². The van der Waals surface area contributed by atoms with E-state index in [1.807, 2.05) is 31.2 Å². The monoisotopic (exact) mass is 410 g/mol. The summed E-state index contributed by atoms with van der Waals surface area (Å²) in [7, 11) is 0. The Morgan fingerprint density at radius 1 is 1.00 bits per heavy atom. The standard InChI is InChI=1S/C23H26N2O3S/c1-2-28-20-10-5-3-9-19(20)23(27)25-14-7-12-22(26)24-15-13-17-16-29-21-11-6-4-8-18(17)21/h3-6,8-11,16H,2,7,12-15H2,1H3,(H,24,26)(H,25,27). The fourth-order valence-electron chi connectivity index (χ4n) is 3.13. The predicted molar refractivity (Wildman–Crippen MR) is 118 cm³/mol. The quantitative estimate of drug-likeness (QED) is 0.493.